The summed E-state index contributed by atoms with van der Waals surface area (Å²) in [6.45, 7) is 3.91. The predicted molar refractivity (Wildman–Crippen MR) is 137 cm³/mol. The molecule has 0 aliphatic carbocycles. The fourth-order valence-electron chi connectivity index (χ4n) is 4.73. The first-order valence-electron chi connectivity index (χ1n) is 11.4. The number of aromatic nitrogens is 1. The summed E-state index contributed by atoms with van der Waals surface area (Å²) in [5.74, 6) is 1.67. The van der Waals surface area contributed by atoms with Crippen LogP contribution in [0.5, 0.6) is 11.5 Å². The number of nitrogens with zero attached hydrogens (tertiary/aromatic N) is 2. The van der Waals surface area contributed by atoms with Gasteiger partial charge in [0.05, 0.1) is 12.4 Å². The van der Waals surface area contributed by atoms with Crippen LogP contribution in [-0.4, -0.2) is 11.2 Å². The van der Waals surface area contributed by atoms with Crippen LogP contribution in [0.1, 0.15) is 12.5 Å². The van der Waals surface area contributed by atoms with E-state index in [2.05, 4.69) is 82.5 Å². The number of hydrogen-bond donors (Lipinski definition) is 1. The number of fused-ring (bicyclic) bond motifs is 3. The summed E-state index contributed by atoms with van der Waals surface area (Å²) in [7, 11) is 0. The molecule has 6 rings (SSSR count). The van der Waals surface area contributed by atoms with Crippen molar-refractivity contribution < 1.29 is 4.74 Å². The van der Waals surface area contributed by atoms with E-state index in [4.69, 9.17) is 4.74 Å². The van der Waals surface area contributed by atoms with E-state index in [1.807, 2.05) is 42.5 Å². The maximum absolute atomic E-state index is 5.96. The normalized spacial score (nSPS) is 13.4. The monoisotopic (exact) mass is 431 g/mol. The fourth-order valence-corrected chi connectivity index (χ4v) is 4.73. The quantitative estimate of drug-likeness (QED) is 0.326. The molecule has 0 atom stereocenters. The zero-order valence-electron chi connectivity index (χ0n) is 18.5. The van der Waals surface area contributed by atoms with Gasteiger partial charge >= 0.3 is 0 Å². The van der Waals surface area contributed by atoms with Gasteiger partial charge in [0.25, 0.3) is 0 Å². The van der Waals surface area contributed by atoms with Gasteiger partial charge in [-0.1, -0.05) is 36.4 Å². The number of benzene rings is 4. The second kappa shape index (κ2) is 8.06. The first kappa shape index (κ1) is 19.5. The molecule has 0 radical (unpaired) electrons. The Morgan fingerprint density at radius 1 is 0.758 bits per heavy atom. The molecule has 162 valence electrons. The van der Waals surface area contributed by atoms with Crippen molar-refractivity contribution in [1.82, 2.24) is 9.88 Å². The lowest BCUT2D eigenvalue weighted by atomic mass is 10.1. The zero-order valence-corrected chi connectivity index (χ0v) is 18.5. The second-order valence-electron chi connectivity index (χ2n) is 8.22. The zero-order chi connectivity index (χ0) is 22.2. The maximum Gasteiger partial charge on any atom is 0.127 e. The lowest BCUT2D eigenvalue weighted by molar-refractivity contribution is 0.482. The number of aryl methyl sites for hydroxylation is 1. The number of nitrogens with one attached hydrogen (secondary N) is 1. The van der Waals surface area contributed by atoms with Gasteiger partial charge in [0.1, 0.15) is 11.5 Å². The van der Waals surface area contributed by atoms with Crippen LogP contribution in [0.3, 0.4) is 0 Å². The van der Waals surface area contributed by atoms with Crippen LogP contribution in [-0.2, 0) is 6.54 Å². The summed E-state index contributed by atoms with van der Waals surface area (Å²) < 4.78 is 8.35. The Balaban J connectivity index is 1.33. The van der Waals surface area contributed by atoms with Gasteiger partial charge in [-0.3, -0.25) is 0 Å². The number of rotatable bonds is 5. The van der Waals surface area contributed by atoms with Crippen molar-refractivity contribution >= 4 is 33.2 Å². The van der Waals surface area contributed by atoms with E-state index in [0.717, 1.165) is 36.0 Å². The highest BCUT2D eigenvalue weighted by Gasteiger charge is 2.20. The number of para-hydroxylation sites is 2. The molecule has 0 amide bonds. The Hall–Kier alpha value is -4.18. The third-order valence-corrected chi connectivity index (χ3v) is 6.29. The molecule has 0 bridgehead atoms. The van der Waals surface area contributed by atoms with Gasteiger partial charge in [-0.2, -0.15) is 0 Å². The van der Waals surface area contributed by atoms with E-state index < -0.39 is 0 Å². The van der Waals surface area contributed by atoms with E-state index >= 15 is 0 Å². The van der Waals surface area contributed by atoms with E-state index in [9.17, 15) is 0 Å². The number of hydrogen-bond acceptors (Lipinski definition) is 3. The SMILES string of the molecule is CCn1c2ccccc2c2cc(N3CNC=C3c3ccc(Oc4ccccc4)cc3)ccc21. The van der Waals surface area contributed by atoms with E-state index in [1.165, 1.54) is 27.5 Å². The van der Waals surface area contributed by atoms with Crippen molar-refractivity contribution in [2.75, 3.05) is 11.6 Å². The average Bonchev–Trinajstić information content (AvgIpc) is 3.48. The third kappa shape index (κ3) is 3.40. The summed E-state index contributed by atoms with van der Waals surface area (Å²) in [6.07, 6.45) is 2.09. The molecule has 1 aliphatic rings. The van der Waals surface area contributed by atoms with Crippen LogP contribution >= 0.6 is 0 Å². The molecule has 1 aromatic heterocycles. The minimum Gasteiger partial charge on any atom is -0.457 e. The van der Waals surface area contributed by atoms with Crippen LogP contribution in [0, 0.1) is 0 Å². The Labute approximate surface area is 193 Å². The molecule has 2 heterocycles. The van der Waals surface area contributed by atoms with Gasteiger partial charge in [0.2, 0.25) is 0 Å². The summed E-state index contributed by atoms with van der Waals surface area (Å²) in [4.78, 5) is 2.32. The second-order valence-corrected chi connectivity index (χ2v) is 8.22. The largest absolute Gasteiger partial charge is 0.457 e. The van der Waals surface area contributed by atoms with Gasteiger partial charge in [-0.05, 0) is 73.2 Å². The Morgan fingerprint density at radius 2 is 1.48 bits per heavy atom. The van der Waals surface area contributed by atoms with Crippen LogP contribution in [0.2, 0.25) is 0 Å². The van der Waals surface area contributed by atoms with Crippen molar-refractivity contribution in [3.8, 4) is 11.5 Å². The molecule has 4 heteroatoms. The van der Waals surface area contributed by atoms with Crippen molar-refractivity contribution in [2.45, 2.75) is 13.5 Å². The molecular formula is C29H25N3O. The van der Waals surface area contributed by atoms with E-state index in [0.29, 0.717) is 0 Å². The lowest BCUT2D eigenvalue weighted by Gasteiger charge is -2.22. The van der Waals surface area contributed by atoms with Crippen LogP contribution in [0.25, 0.3) is 27.5 Å². The summed E-state index contributed by atoms with van der Waals surface area (Å²) in [6, 6.07) is 33.6. The highest BCUT2D eigenvalue weighted by Crippen LogP contribution is 2.35. The van der Waals surface area contributed by atoms with Crippen LogP contribution in [0.4, 0.5) is 5.69 Å². The number of anilines is 1. The topological polar surface area (TPSA) is 29.4 Å². The standard InChI is InChI=1S/C29H25N3O/c1-2-31-27-11-7-6-10-25(27)26-18-22(14-17-28(26)31)32-20-30-19-29(32)21-12-15-24(16-13-21)33-23-8-4-3-5-9-23/h3-19,30H,2,20H2,1H3. The molecule has 33 heavy (non-hydrogen) atoms. The molecule has 5 aromatic rings. The van der Waals surface area contributed by atoms with Crippen molar-refractivity contribution in [3.63, 3.8) is 0 Å². The van der Waals surface area contributed by atoms with Crippen molar-refractivity contribution in [1.29, 1.82) is 0 Å². The maximum atomic E-state index is 5.96. The van der Waals surface area contributed by atoms with Gasteiger partial charge in [0.15, 0.2) is 0 Å². The molecule has 0 saturated heterocycles. The molecule has 0 fully saturated rings. The predicted octanol–water partition coefficient (Wildman–Crippen LogP) is 6.97. The molecule has 0 spiro atoms. The minimum atomic E-state index is 0.746. The smallest absolute Gasteiger partial charge is 0.127 e. The fraction of sp³-hybridized carbons (Fsp3) is 0.103. The Morgan fingerprint density at radius 3 is 2.30 bits per heavy atom. The molecule has 1 N–H and O–H groups in total. The average molecular weight is 432 g/mol. The molecule has 1 aliphatic heterocycles. The first-order chi connectivity index (χ1) is 16.3. The molecule has 4 aromatic carbocycles. The molecule has 4 nitrogen and oxygen atoms in total. The minimum absolute atomic E-state index is 0.746. The van der Waals surface area contributed by atoms with Crippen molar-refractivity contribution in [3.05, 3.63) is 109 Å². The van der Waals surface area contributed by atoms with Gasteiger partial charge in [-0.15, -0.1) is 0 Å². The molecular weight excluding hydrogens is 406 g/mol. The highest BCUT2D eigenvalue weighted by atomic mass is 16.5. The summed E-state index contributed by atoms with van der Waals surface area (Å²) in [5, 5.41) is 6.00. The molecule has 0 saturated carbocycles. The Kier molecular flexibility index (Phi) is 4.76. The van der Waals surface area contributed by atoms with Crippen molar-refractivity contribution in [2.24, 2.45) is 0 Å². The first-order valence-corrected chi connectivity index (χ1v) is 11.4. The Bertz CT molecular complexity index is 1470. The lowest BCUT2D eigenvalue weighted by Crippen LogP contribution is -2.22. The van der Waals surface area contributed by atoms with Gasteiger partial charge in [-0.25, -0.2) is 0 Å². The van der Waals surface area contributed by atoms with Gasteiger partial charge in [0, 0.05) is 40.2 Å². The summed E-state index contributed by atoms with van der Waals surface area (Å²) >= 11 is 0. The summed E-state index contributed by atoms with van der Waals surface area (Å²) in [5.41, 5.74) is 6.05. The van der Waals surface area contributed by atoms with Crippen LogP contribution < -0.4 is 15.0 Å². The van der Waals surface area contributed by atoms with Gasteiger partial charge < -0.3 is 19.5 Å². The highest BCUT2D eigenvalue weighted by molar-refractivity contribution is 6.09. The third-order valence-electron chi connectivity index (χ3n) is 6.29. The van der Waals surface area contributed by atoms with E-state index in [1.54, 1.807) is 0 Å². The molecule has 0 unspecified atom stereocenters. The van der Waals surface area contributed by atoms with E-state index in [-0.39, 0.29) is 0 Å². The van der Waals surface area contributed by atoms with Crippen LogP contribution in [0.15, 0.2) is 103 Å². The number of ether oxygens (including phenoxy) is 1.